The molecule has 40 heavy (non-hydrogen) atoms. The van der Waals surface area contributed by atoms with Crippen LogP contribution in [-0.4, -0.2) is 139 Å². The van der Waals surface area contributed by atoms with Gasteiger partial charge in [-0.1, -0.05) is 12.1 Å². The number of hydrogen-bond acceptors (Lipinski definition) is 12. The number of rotatable bonds is 32. The highest BCUT2D eigenvalue weighted by Crippen LogP contribution is 2.19. The lowest BCUT2D eigenvalue weighted by molar-refractivity contribution is -0.0265. The second kappa shape index (κ2) is 30.4. The molecule has 1 aromatic rings. The molecule has 1 rings (SSSR count). The molecule has 1 aromatic carbocycles. The van der Waals surface area contributed by atoms with E-state index in [-0.39, 0.29) is 0 Å². The maximum absolute atomic E-state index is 5.81. The average molecular weight is 578 g/mol. The van der Waals surface area contributed by atoms with E-state index in [4.69, 9.17) is 57.8 Å². The van der Waals surface area contributed by atoms with E-state index in [0.29, 0.717) is 150 Å². The van der Waals surface area contributed by atoms with E-state index in [9.17, 15) is 0 Å². The van der Waals surface area contributed by atoms with Crippen LogP contribution in [0.2, 0.25) is 0 Å². The summed E-state index contributed by atoms with van der Waals surface area (Å²) >= 11 is 0. The van der Waals surface area contributed by atoms with Crippen molar-refractivity contribution in [3.8, 4) is 5.75 Å². The van der Waals surface area contributed by atoms with Gasteiger partial charge in [0.2, 0.25) is 0 Å². The molecule has 12 heteroatoms. The molecule has 0 saturated heterocycles. The molecule has 0 atom stereocenters. The summed E-state index contributed by atoms with van der Waals surface area (Å²) < 4.78 is 59.7. The standard InChI is InChI=1S/C28H51NO11/c1-2-30-7-8-31-9-10-32-11-12-33-13-14-34-15-16-35-17-18-36-19-20-37-21-22-38-23-24-39-25-26-40-28-6-4-3-5-27(28)29/h3-6H,2,7-26,29H2,1H3. The fourth-order valence-electron chi connectivity index (χ4n) is 2.95. The Morgan fingerprint density at radius 1 is 0.400 bits per heavy atom. The molecule has 0 saturated carbocycles. The van der Waals surface area contributed by atoms with Gasteiger partial charge < -0.3 is 57.8 Å². The van der Waals surface area contributed by atoms with Gasteiger partial charge in [-0.25, -0.2) is 0 Å². The van der Waals surface area contributed by atoms with Crippen molar-refractivity contribution >= 4 is 5.69 Å². The van der Waals surface area contributed by atoms with Crippen LogP contribution in [-0.2, 0) is 47.4 Å². The number of anilines is 1. The summed E-state index contributed by atoms with van der Waals surface area (Å²) in [7, 11) is 0. The van der Waals surface area contributed by atoms with Crippen LogP contribution >= 0.6 is 0 Å². The highest BCUT2D eigenvalue weighted by atomic mass is 16.6. The second-order valence-electron chi connectivity index (χ2n) is 8.09. The van der Waals surface area contributed by atoms with Crippen LogP contribution in [0.25, 0.3) is 0 Å². The fourth-order valence-corrected chi connectivity index (χ4v) is 2.95. The Labute approximate surface area is 239 Å². The van der Waals surface area contributed by atoms with Gasteiger partial charge in [0.05, 0.1) is 131 Å². The van der Waals surface area contributed by atoms with Crippen molar-refractivity contribution in [3.05, 3.63) is 24.3 Å². The topological polar surface area (TPSA) is 128 Å². The van der Waals surface area contributed by atoms with Crippen molar-refractivity contribution in [3.63, 3.8) is 0 Å². The Kier molecular flexibility index (Phi) is 27.7. The fraction of sp³-hybridized carbons (Fsp3) is 0.786. The minimum atomic E-state index is 0.441. The van der Waals surface area contributed by atoms with Crippen molar-refractivity contribution in [2.75, 3.05) is 144 Å². The number of benzene rings is 1. The lowest BCUT2D eigenvalue weighted by atomic mass is 10.3. The first-order chi connectivity index (χ1) is 19.8. The smallest absolute Gasteiger partial charge is 0.142 e. The minimum Gasteiger partial charge on any atom is -0.489 e. The molecule has 0 heterocycles. The summed E-state index contributed by atoms with van der Waals surface area (Å²) in [5, 5.41) is 0. The molecule has 0 spiro atoms. The van der Waals surface area contributed by atoms with Crippen molar-refractivity contribution in [2.24, 2.45) is 0 Å². The monoisotopic (exact) mass is 577 g/mol. The molecule has 2 N–H and O–H groups in total. The Bertz CT molecular complexity index is 642. The predicted octanol–water partition coefficient (Wildman–Crippen LogP) is 1.83. The van der Waals surface area contributed by atoms with E-state index >= 15 is 0 Å². The van der Waals surface area contributed by atoms with E-state index in [1.54, 1.807) is 6.07 Å². The van der Waals surface area contributed by atoms with Gasteiger partial charge in [-0.2, -0.15) is 0 Å². The van der Waals surface area contributed by atoms with E-state index in [0.717, 1.165) is 0 Å². The Hall–Kier alpha value is -1.58. The molecule has 0 aliphatic carbocycles. The summed E-state index contributed by atoms with van der Waals surface area (Å²) in [5.41, 5.74) is 6.43. The molecule has 0 radical (unpaired) electrons. The lowest BCUT2D eigenvalue weighted by Gasteiger charge is -2.09. The third-order valence-corrected chi connectivity index (χ3v) is 4.96. The number of hydrogen-bond donors (Lipinski definition) is 1. The number of para-hydroxylation sites is 2. The molecule has 0 fully saturated rings. The number of ether oxygens (including phenoxy) is 11. The Morgan fingerprint density at radius 3 is 0.975 bits per heavy atom. The summed E-state index contributed by atoms with van der Waals surface area (Å²) in [6.45, 7) is 13.1. The van der Waals surface area contributed by atoms with E-state index in [1.807, 2.05) is 25.1 Å². The average Bonchev–Trinajstić information content (AvgIpc) is 2.97. The Balaban J connectivity index is 1.64. The van der Waals surface area contributed by atoms with Crippen LogP contribution in [0.5, 0.6) is 5.75 Å². The van der Waals surface area contributed by atoms with Crippen LogP contribution in [0, 0.1) is 0 Å². The van der Waals surface area contributed by atoms with Gasteiger partial charge >= 0.3 is 0 Å². The van der Waals surface area contributed by atoms with E-state index in [2.05, 4.69) is 0 Å². The molecular weight excluding hydrogens is 526 g/mol. The zero-order valence-electron chi connectivity index (χ0n) is 24.2. The normalized spacial score (nSPS) is 11.3. The zero-order valence-corrected chi connectivity index (χ0v) is 24.2. The summed E-state index contributed by atoms with van der Waals surface area (Å²) in [5.74, 6) is 0.670. The van der Waals surface area contributed by atoms with Crippen molar-refractivity contribution in [2.45, 2.75) is 6.92 Å². The third-order valence-electron chi connectivity index (χ3n) is 4.96. The minimum absolute atomic E-state index is 0.441. The van der Waals surface area contributed by atoms with Crippen molar-refractivity contribution in [1.82, 2.24) is 0 Å². The van der Waals surface area contributed by atoms with Crippen molar-refractivity contribution < 1.29 is 52.1 Å². The maximum atomic E-state index is 5.81. The highest BCUT2D eigenvalue weighted by Gasteiger charge is 1.99. The SMILES string of the molecule is CCOCCOCCOCCOCCOCCOCCOCCOCCOCCOCCOc1ccccc1N. The van der Waals surface area contributed by atoms with Gasteiger partial charge in [0.15, 0.2) is 0 Å². The predicted molar refractivity (Wildman–Crippen MR) is 150 cm³/mol. The van der Waals surface area contributed by atoms with Gasteiger partial charge in [0, 0.05) is 6.61 Å². The first kappa shape index (κ1) is 36.4. The first-order valence-electron chi connectivity index (χ1n) is 14.1. The van der Waals surface area contributed by atoms with Gasteiger partial charge in [0.25, 0.3) is 0 Å². The van der Waals surface area contributed by atoms with E-state index in [1.165, 1.54) is 0 Å². The first-order valence-corrected chi connectivity index (χ1v) is 14.1. The van der Waals surface area contributed by atoms with Gasteiger partial charge in [-0.05, 0) is 19.1 Å². The van der Waals surface area contributed by atoms with Gasteiger partial charge in [0.1, 0.15) is 12.4 Å². The third kappa shape index (κ3) is 25.4. The van der Waals surface area contributed by atoms with Crippen LogP contribution in [0.15, 0.2) is 24.3 Å². The maximum Gasteiger partial charge on any atom is 0.142 e. The molecule has 0 aliphatic heterocycles. The van der Waals surface area contributed by atoms with Crippen molar-refractivity contribution in [1.29, 1.82) is 0 Å². The Morgan fingerprint density at radius 2 is 0.675 bits per heavy atom. The molecule has 0 aliphatic rings. The molecule has 12 nitrogen and oxygen atoms in total. The molecule has 234 valence electrons. The number of nitrogens with two attached hydrogens (primary N) is 1. The molecule has 0 amide bonds. The largest absolute Gasteiger partial charge is 0.489 e. The van der Waals surface area contributed by atoms with E-state index < -0.39 is 0 Å². The summed E-state index contributed by atoms with van der Waals surface area (Å²) in [6, 6.07) is 7.38. The lowest BCUT2D eigenvalue weighted by Crippen LogP contribution is -2.15. The second-order valence-corrected chi connectivity index (χ2v) is 8.09. The molecular formula is C28H51NO11. The van der Waals surface area contributed by atoms with Gasteiger partial charge in [-0.3, -0.25) is 0 Å². The van der Waals surface area contributed by atoms with Crippen LogP contribution in [0.4, 0.5) is 5.69 Å². The molecule has 0 unspecified atom stereocenters. The molecule has 0 aromatic heterocycles. The summed E-state index contributed by atoms with van der Waals surface area (Å²) in [4.78, 5) is 0. The van der Waals surface area contributed by atoms with Crippen LogP contribution < -0.4 is 10.5 Å². The van der Waals surface area contributed by atoms with Crippen LogP contribution in [0.1, 0.15) is 6.92 Å². The quantitative estimate of drug-likeness (QED) is 0.0991. The van der Waals surface area contributed by atoms with Gasteiger partial charge in [-0.15, -0.1) is 0 Å². The highest BCUT2D eigenvalue weighted by molar-refractivity contribution is 5.51. The molecule has 0 bridgehead atoms. The van der Waals surface area contributed by atoms with Crippen LogP contribution in [0.3, 0.4) is 0 Å². The summed E-state index contributed by atoms with van der Waals surface area (Å²) in [6.07, 6.45) is 0. The number of nitrogen functional groups attached to an aromatic ring is 1. The zero-order chi connectivity index (χ0) is 28.6.